The van der Waals surface area contributed by atoms with Crippen molar-refractivity contribution >= 4 is 34.4 Å². The van der Waals surface area contributed by atoms with Crippen molar-refractivity contribution in [1.29, 1.82) is 0 Å². The third-order valence-corrected chi connectivity index (χ3v) is 4.12. The summed E-state index contributed by atoms with van der Waals surface area (Å²) in [7, 11) is 0. The summed E-state index contributed by atoms with van der Waals surface area (Å²) in [5, 5.41) is 6.40. The minimum Gasteiger partial charge on any atom is -0.488 e. The number of anilines is 2. The summed E-state index contributed by atoms with van der Waals surface area (Å²) in [4.78, 5) is 20.9. The lowest BCUT2D eigenvalue weighted by Gasteiger charge is -2.21. The molecular formula is C21H23N5O3. The number of imidazole rings is 1. The maximum Gasteiger partial charge on any atom is 0.338 e. The third-order valence-electron chi connectivity index (χ3n) is 4.12. The summed E-state index contributed by atoms with van der Waals surface area (Å²) in [6, 6.07) is 12.9. The number of hydrogen-bond donors (Lipinski definition) is 2. The average Bonchev–Trinajstić information content (AvgIpc) is 3.19. The molecule has 4 aromatic rings. The van der Waals surface area contributed by atoms with Gasteiger partial charge in [-0.3, -0.25) is 5.10 Å². The number of carbonyl (C=O) groups excluding carboxylic acids is 1. The molecule has 29 heavy (non-hydrogen) atoms. The molecule has 2 N–H and O–H groups in total. The molecule has 0 aliphatic rings. The van der Waals surface area contributed by atoms with E-state index in [0.29, 0.717) is 29.4 Å². The van der Waals surface area contributed by atoms with E-state index in [1.165, 1.54) is 0 Å². The second-order valence-electron chi connectivity index (χ2n) is 7.61. The number of hydrogen-bond acceptors (Lipinski definition) is 6. The van der Waals surface area contributed by atoms with Gasteiger partial charge in [0.05, 0.1) is 23.2 Å². The molecular weight excluding hydrogens is 370 g/mol. The lowest BCUT2D eigenvalue weighted by Crippen LogP contribution is -2.22. The number of H-pyrrole nitrogens is 1. The van der Waals surface area contributed by atoms with E-state index in [1.54, 1.807) is 23.6 Å². The Kier molecular flexibility index (Phi) is 4.62. The molecule has 150 valence electrons. The standard InChI is InChI=1S/C21H23N5O3/c1-5-28-18(27)13-6-11-17-16(12-13)23-20-24-19(25-26(17)20)22-14-7-9-15(10-8-14)29-21(2,3)4/h6-12H,5H2,1-4H3,(H2,22,23,24,25). The Morgan fingerprint density at radius 1 is 1.14 bits per heavy atom. The largest absolute Gasteiger partial charge is 0.488 e. The highest BCUT2D eigenvalue weighted by molar-refractivity contribution is 5.94. The van der Waals surface area contributed by atoms with E-state index < -0.39 is 0 Å². The molecule has 2 aromatic carbocycles. The monoisotopic (exact) mass is 393 g/mol. The van der Waals surface area contributed by atoms with Gasteiger partial charge in [0.25, 0.3) is 5.78 Å². The van der Waals surface area contributed by atoms with Crippen LogP contribution in [0, 0.1) is 0 Å². The molecule has 4 rings (SSSR count). The summed E-state index contributed by atoms with van der Waals surface area (Å²) in [5.74, 6) is 1.52. The lowest BCUT2D eigenvalue weighted by atomic mass is 10.2. The fraction of sp³-hybridized carbons (Fsp3) is 0.286. The molecule has 0 saturated heterocycles. The van der Waals surface area contributed by atoms with Crippen molar-refractivity contribution in [3.63, 3.8) is 0 Å². The van der Waals surface area contributed by atoms with Gasteiger partial charge in [0.15, 0.2) is 0 Å². The number of aromatic amines is 1. The fourth-order valence-corrected chi connectivity index (χ4v) is 2.98. The highest BCUT2D eigenvalue weighted by atomic mass is 16.5. The molecule has 0 saturated carbocycles. The minimum atomic E-state index is -0.361. The number of ether oxygens (including phenoxy) is 2. The summed E-state index contributed by atoms with van der Waals surface area (Å²) in [6.07, 6.45) is 0. The number of carbonyl (C=O) groups is 1. The van der Waals surface area contributed by atoms with Crippen LogP contribution in [0.25, 0.3) is 16.8 Å². The van der Waals surface area contributed by atoms with Crippen LogP contribution in [0.1, 0.15) is 38.1 Å². The smallest absolute Gasteiger partial charge is 0.338 e. The van der Waals surface area contributed by atoms with Gasteiger partial charge in [-0.15, -0.1) is 0 Å². The van der Waals surface area contributed by atoms with E-state index in [1.807, 2.05) is 51.1 Å². The molecule has 8 heteroatoms. The fourth-order valence-electron chi connectivity index (χ4n) is 2.98. The molecule has 0 bridgehead atoms. The van der Waals surface area contributed by atoms with Gasteiger partial charge < -0.3 is 14.8 Å². The minimum absolute atomic E-state index is 0.241. The van der Waals surface area contributed by atoms with Crippen LogP contribution in [-0.4, -0.2) is 37.8 Å². The number of nitrogens with one attached hydrogen (secondary N) is 2. The highest BCUT2D eigenvalue weighted by Gasteiger charge is 2.14. The van der Waals surface area contributed by atoms with Crippen molar-refractivity contribution in [2.75, 3.05) is 11.9 Å². The topological polar surface area (TPSA) is 93.5 Å². The Labute approximate surface area is 167 Å². The maximum atomic E-state index is 11.9. The Balaban J connectivity index is 1.55. The zero-order valence-corrected chi connectivity index (χ0v) is 16.8. The van der Waals surface area contributed by atoms with E-state index in [9.17, 15) is 4.79 Å². The first-order valence-corrected chi connectivity index (χ1v) is 9.44. The summed E-state index contributed by atoms with van der Waals surface area (Å²) >= 11 is 0. The van der Waals surface area contributed by atoms with Gasteiger partial charge in [0, 0.05) is 5.69 Å². The molecule has 0 aliphatic heterocycles. The van der Waals surface area contributed by atoms with Gasteiger partial charge in [-0.1, -0.05) is 0 Å². The highest BCUT2D eigenvalue weighted by Crippen LogP contribution is 2.23. The van der Waals surface area contributed by atoms with E-state index >= 15 is 0 Å². The first-order valence-electron chi connectivity index (χ1n) is 9.44. The SMILES string of the molecule is CCOC(=O)c1ccc2c(c1)nc1nc(Nc3ccc(OC(C)(C)C)cc3)[nH]n12. The number of nitrogens with zero attached hydrogens (tertiary/aromatic N) is 3. The predicted octanol–water partition coefficient (Wildman–Crippen LogP) is 4.31. The predicted molar refractivity (Wildman–Crippen MR) is 111 cm³/mol. The van der Waals surface area contributed by atoms with Gasteiger partial charge >= 0.3 is 5.97 Å². The summed E-state index contributed by atoms with van der Waals surface area (Å²) < 4.78 is 12.6. The van der Waals surface area contributed by atoms with Crippen molar-refractivity contribution in [2.45, 2.75) is 33.3 Å². The second-order valence-corrected chi connectivity index (χ2v) is 7.61. The molecule has 0 unspecified atom stereocenters. The first kappa shape index (κ1) is 18.8. The van der Waals surface area contributed by atoms with Gasteiger partial charge in [-0.25, -0.2) is 14.3 Å². The second kappa shape index (κ2) is 7.12. The zero-order chi connectivity index (χ0) is 20.6. The van der Waals surface area contributed by atoms with Crippen LogP contribution in [-0.2, 0) is 4.74 Å². The number of aromatic nitrogens is 4. The molecule has 0 spiro atoms. The molecule has 0 fully saturated rings. The van der Waals surface area contributed by atoms with Crippen molar-refractivity contribution in [3.05, 3.63) is 48.0 Å². The van der Waals surface area contributed by atoms with Crippen LogP contribution in [0.15, 0.2) is 42.5 Å². The third kappa shape index (κ3) is 4.01. The summed E-state index contributed by atoms with van der Waals surface area (Å²) in [6.45, 7) is 8.15. The Bertz CT molecular complexity index is 1170. The van der Waals surface area contributed by atoms with Crippen molar-refractivity contribution in [3.8, 4) is 5.75 Å². The van der Waals surface area contributed by atoms with Crippen LogP contribution in [0.3, 0.4) is 0 Å². The van der Waals surface area contributed by atoms with E-state index in [2.05, 4.69) is 20.4 Å². The Morgan fingerprint density at radius 2 is 1.90 bits per heavy atom. The van der Waals surface area contributed by atoms with Crippen LogP contribution in [0.5, 0.6) is 5.75 Å². The normalized spacial score (nSPS) is 11.7. The molecule has 0 atom stereocenters. The molecule has 8 nitrogen and oxygen atoms in total. The van der Waals surface area contributed by atoms with Crippen molar-refractivity contribution < 1.29 is 14.3 Å². The molecule has 0 amide bonds. The maximum absolute atomic E-state index is 11.9. The Morgan fingerprint density at radius 3 is 2.59 bits per heavy atom. The molecule has 2 aromatic heterocycles. The van der Waals surface area contributed by atoms with E-state index in [0.717, 1.165) is 17.0 Å². The number of rotatable bonds is 5. The van der Waals surface area contributed by atoms with Crippen molar-refractivity contribution in [1.82, 2.24) is 19.6 Å². The zero-order valence-electron chi connectivity index (χ0n) is 16.8. The number of benzene rings is 2. The number of esters is 1. The van der Waals surface area contributed by atoms with Crippen LogP contribution in [0.4, 0.5) is 11.6 Å². The van der Waals surface area contributed by atoms with Crippen LogP contribution >= 0.6 is 0 Å². The molecule has 0 radical (unpaired) electrons. The average molecular weight is 393 g/mol. The van der Waals surface area contributed by atoms with E-state index in [4.69, 9.17) is 9.47 Å². The first-order chi connectivity index (χ1) is 13.8. The summed E-state index contributed by atoms with van der Waals surface area (Å²) in [5.41, 5.74) is 2.59. The van der Waals surface area contributed by atoms with Gasteiger partial charge in [-0.05, 0) is 70.2 Å². The quantitative estimate of drug-likeness (QED) is 0.491. The van der Waals surface area contributed by atoms with Crippen LogP contribution < -0.4 is 10.1 Å². The van der Waals surface area contributed by atoms with Gasteiger partial charge in [0.2, 0.25) is 5.95 Å². The lowest BCUT2D eigenvalue weighted by molar-refractivity contribution is 0.0526. The molecule has 0 aliphatic carbocycles. The van der Waals surface area contributed by atoms with Gasteiger partial charge in [0.1, 0.15) is 11.4 Å². The van der Waals surface area contributed by atoms with Gasteiger partial charge in [-0.2, -0.15) is 4.98 Å². The number of fused-ring (bicyclic) bond motifs is 3. The van der Waals surface area contributed by atoms with Crippen molar-refractivity contribution in [2.24, 2.45) is 0 Å². The molecule has 2 heterocycles. The Hall–Kier alpha value is -3.55. The van der Waals surface area contributed by atoms with E-state index in [-0.39, 0.29) is 11.6 Å². The van der Waals surface area contributed by atoms with Crippen LogP contribution in [0.2, 0.25) is 0 Å².